The summed E-state index contributed by atoms with van der Waals surface area (Å²) in [5.74, 6) is -0.745. The second-order valence-corrected chi connectivity index (χ2v) is 4.99. The normalized spacial score (nSPS) is 32.4. The fraction of sp³-hybridized carbons (Fsp3) is 0.500. The maximum atomic E-state index is 10.2. The van der Waals surface area contributed by atoms with Crippen LogP contribution in [0.3, 0.4) is 0 Å². The smallest absolute Gasteiger partial charge is 0.242 e. The molecule has 2 aromatic rings. The quantitative estimate of drug-likeness (QED) is 0.661. The molecule has 1 aliphatic heterocycles. The number of nitrogens with zero attached hydrogens (tertiary/aromatic N) is 5. The molecule has 2 aromatic heterocycles. The average molecular weight is 291 g/mol. The summed E-state index contributed by atoms with van der Waals surface area (Å²) in [6.07, 6.45) is 0.657. The predicted octanol–water partition coefficient (Wildman–Crippen LogP) is -0.688. The minimum Gasteiger partial charge on any atom is -0.492 e. The number of aliphatic hydroxyl groups excluding tert-OH is 2. The van der Waals surface area contributed by atoms with Crippen molar-refractivity contribution in [1.82, 2.24) is 19.5 Å². The van der Waals surface area contributed by atoms with E-state index in [1.54, 1.807) is 6.92 Å². The maximum absolute atomic E-state index is 10.2. The van der Waals surface area contributed by atoms with E-state index in [2.05, 4.69) is 15.0 Å². The Morgan fingerprint density at radius 1 is 1.48 bits per heavy atom. The second kappa shape index (κ2) is 4.63. The van der Waals surface area contributed by atoms with Gasteiger partial charge in [0, 0.05) is 5.92 Å². The number of fused-ring (bicyclic) bond motifs is 1. The van der Waals surface area contributed by atoms with Gasteiger partial charge >= 0.3 is 0 Å². The minimum atomic E-state index is -1.68. The molecule has 110 valence electrons. The fourth-order valence-corrected chi connectivity index (χ4v) is 2.57. The highest BCUT2D eigenvalue weighted by Gasteiger charge is 2.54. The van der Waals surface area contributed by atoms with Crippen LogP contribution in [0, 0.1) is 17.2 Å². The Labute approximate surface area is 119 Å². The highest BCUT2D eigenvalue weighted by Crippen LogP contribution is 2.42. The number of rotatable bonds is 2. The van der Waals surface area contributed by atoms with E-state index in [9.17, 15) is 20.6 Å². The van der Waals surface area contributed by atoms with Crippen LogP contribution < -0.4 is 0 Å². The Balaban J connectivity index is 2.08. The number of hydrogen-bond acceptors (Lipinski definition) is 8. The summed E-state index contributed by atoms with van der Waals surface area (Å²) in [5, 5.41) is 38.4. The molecule has 0 unspecified atom stereocenters. The van der Waals surface area contributed by atoms with Crippen LogP contribution >= 0.6 is 0 Å². The van der Waals surface area contributed by atoms with Crippen LogP contribution in [-0.2, 0) is 4.74 Å². The molecule has 0 saturated carbocycles. The third-order valence-corrected chi connectivity index (χ3v) is 3.79. The first-order valence-electron chi connectivity index (χ1n) is 6.28. The van der Waals surface area contributed by atoms with Crippen molar-refractivity contribution < 1.29 is 20.1 Å². The first-order valence-corrected chi connectivity index (χ1v) is 6.28. The van der Waals surface area contributed by atoms with Gasteiger partial charge in [-0.2, -0.15) is 10.2 Å². The maximum Gasteiger partial charge on any atom is 0.242 e. The molecule has 9 heteroatoms. The SMILES string of the molecule is C[C@@H]1[C@H](n2cnc3c(O)ncnc32)O[C@](C#N)(CO)[C@H]1O. The number of imidazole rings is 1. The molecule has 21 heavy (non-hydrogen) atoms. The van der Waals surface area contributed by atoms with Gasteiger partial charge in [-0.1, -0.05) is 6.92 Å². The summed E-state index contributed by atoms with van der Waals surface area (Å²) in [4.78, 5) is 11.7. The molecule has 1 aliphatic rings. The molecule has 1 saturated heterocycles. The van der Waals surface area contributed by atoms with Crippen LogP contribution in [0.25, 0.3) is 11.2 Å². The number of aromatic hydroxyl groups is 1. The van der Waals surface area contributed by atoms with E-state index in [1.165, 1.54) is 17.2 Å². The van der Waals surface area contributed by atoms with Crippen LogP contribution in [0.5, 0.6) is 5.88 Å². The molecule has 3 heterocycles. The summed E-state index contributed by atoms with van der Waals surface area (Å²) < 4.78 is 7.08. The first kappa shape index (κ1) is 13.7. The van der Waals surface area contributed by atoms with Crippen LogP contribution in [0.4, 0.5) is 0 Å². The van der Waals surface area contributed by atoms with Crippen molar-refractivity contribution in [1.29, 1.82) is 5.26 Å². The molecule has 0 radical (unpaired) electrons. The first-order chi connectivity index (χ1) is 10.0. The lowest BCUT2D eigenvalue weighted by Crippen LogP contribution is -2.43. The third kappa shape index (κ3) is 1.77. The van der Waals surface area contributed by atoms with Crippen molar-refractivity contribution in [3.05, 3.63) is 12.7 Å². The summed E-state index contributed by atoms with van der Waals surface area (Å²) in [5.41, 5.74) is -1.17. The van der Waals surface area contributed by atoms with Gasteiger partial charge in [0.25, 0.3) is 0 Å². The van der Waals surface area contributed by atoms with Gasteiger partial charge in [0.1, 0.15) is 24.7 Å². The van der Waals surface area contributed by atoms with Gasteiger partial charge in [-0.3, -0.25) is 4.57 Å². The van der Waals surface area contributed by atoms with Crippen molar-refractivity contribution >= 4 is 11.2 Å². The van der Waals surface area contributed by atoms with Crippen molar-refractivity contribution in [2.75, 3.05) is 6.61 Å². The minimum absolute atomic E-state index is 0.196. The number of ether oxygens (including phenoxy) is 1. The molecule has 3 rings (SSSR count). The topological polar surface area (TPSA) is 137 Å². The van der Waals surface area contributed by atoms with E-state index in [-0.39, 0.29) is 11.4 Å². The summed E-state index contributed by atoms with van der Waals surface area (Å²) >= 11 is 0. The predicted molar refractivity (Wildman–Crippen MR) is 67.7 cm³/mol. The Kier molecular flexibility index (Phi) is 3.02. The lowest BCUT2D eigenvalue weighted by atomic mass is 9.92. The second-order valence-electron chi connectivity index (χ2n) is 4.99. The van der Waals surface area contributed by atoms with Crippen LogP contribution in [0.1, 0.15) is 13.2 Å². The zero-order valence-corrected chi connectivity index (χ0v) is 11.1. The highest BCUT2D eigenvalue weighted by molar-refractivity contribution is 5.75. The number of aromatic nitrogens is 4. The van der Waals surface area contributed by atoms with Gasteiger partial charge in [0.15, 0.2) is 11.2 Å². The van der Waals surface area contributed by atoms with Crippen LogP contribution in [0.15, 0.2) is 12.7 Å². The van der Waals surface area contributed by atoms with E-state index < -0.39 is 30.5 Å². The molecule has 1 fully saturated rings. The van der Waals surface area contributed by atoms with Gasteiger partial charge in [0.05, 0.1) is 12.9 Å². The van der Waals surface area contributed by atoms with Crippen molar-refractivity contribution in [2.24, 2.45) is 5.92 Å². The fourth-order valence-electron chi connectivity index (χ4n) is 2.57. The zero-order valence-electron chi connectivity index (χ0n) is 11.1. The number of aliphatic hydroxyl groups is 2. The number of nitriles is 1. The molecule has 0 aromatic carbocycles. The van der Waals surface area contributed by atoms with Gasteiger partial charge in [-0.25, -0.2) is 9.97 Å². The lowest BCUT2D eigenvalue weighted by Gasteiger charge is -2.21. The van der Waals surface area contributed by atoms with Crippen LogP contribution in [0.2, 0.25) is 0 Å². The molecule has 3 N–H and O–H groups in total. The van der Waals surface area contributed by atoms with E-state index in [4.69, 9.17) is 4.74 Å². The van der Waals surface area contributed by atoms with Crippen molar-refractivity contribution in [2.45, 2.75) is 24.9 Å². The average Bonchev–Trinajstić information content (AvgIpc) is 3.02. The van der Waals surface area contributed by atoms with Gasteiger partial charge in [-0.05, 0) is 0 Å². The Hall–Kier alpha value is -2.28. The van der Waals surface area contributed by atoms with Crippen molar-refractivity contribution in [3.63, 3.8) is 0 Å². The van der Waals surface area contributed by atoms with E-state index in [0.29, 0.717) is 5.65 Å². The molecule has 0 amide bonds. The van der Waals surface area contributed by atoms with E-state index >= 15 is 0 Å². The number of hydrogen-bond donors (Lipinski definition) is 3. The highest BCUT2D eigenvalue weighted by atomic mass is 16.6. The summed E-state index contributed by atoms with van der Waals surface area (Å²) in [6.45, 7) is 1.06. The molecule has 9 nitrogen and oxygen atoms in total. The van der Waals surface area contributed by atoms with E-state index in [0.717, 1.165) is 0 Å². The molecule has 0 aliphatic carbocycles. The van der Waals surface area contributed by atoms with Gasteiger partial charge in [0.2, 0.25) is 11.5 Å². The van der Waals surface area contributed by atoms with Gasteiger partial charge < -0.3 is 20.1 Å². The van der Waals surface area contributed by atoms with E-state index in [1.807, 2.05) is 6.07 Å². The van der Waals surface area contributed by atoms with Gasteiger partial charge in [-0.15, -0.1) is 0 Å². The Morgan fingerprint density at radius 3 is 2.86 bits per heavy atom. The summed E-state index contributed by atoms with van der Waals surface area (Å²) in [6, 6.07) is 1.82. The zero-order chi connectivity index (χ0) is 15.2. The standard InChI is InChI=1S/C12H13N5O4/c1-6-8(19)12(2-13,3-18)21-11(6)17-5-16-7-9(17)14-4-15-10(7)20/h4-6,8,11,18-19H,3H2,1H3,(H,14,15,20)/t6-,8-,11+,12+/m0/s1. The Morgan fingerprint density at radius 2 is 2.24 bits per heavy atom. The molecule has 0 spiro atoms. The molecule has 4 atom stereocenters. The Bertz CT molecular complexity index is 726. The van der Waals surface area contributed by atoms with Crippen molar-refractivity contribution in [3.8, 4) is 11.9 Å². The summed E-state index contributed by atoms with van der Waals surface area (Å²) in [7, 11) is 0. The largest absolute Gasteiger partial charge is 0.492 e. The monoisotopic (exact) mass is 291 g/mol. The molecular formula is C12H13N5O4. The van der Waals surface area contributed by atoms with Crippen LogP contribution in [-0.4, -0.2) is 53.2 Å². The molecule has 0 bridgehead atoms. The molecular weight excluding hydrogens is 278 g/mol. The third-order valence-electron chi connectivity index (χ3n) is 3.79. The lowest BCUT2D eigenvalue weighted by molar-refractivity contribution is -0.0909.